The van der Waals surface area contributed by atoms with Gasteiger partial charge in [0.05, 0.1) is 23.8 Å². The predicted octanol–water partition coefficient (Wildman–Crippen LogP) is 3.65. The minimum atomic E-state index is -3.94. The number of nitrogens with one attached hydrogen (secondary N) is 1. The summed E-state index contributed by atoms with van der Waals surface area (Å²) in [5.74, 6) is -0.368. The fourth-order valence-electron chi connectivity index (χ4n) is 4.22. The molecule has 1 saturated heterocycles. The zero-order valence-electron chi connectivity index (χ0n) is 20.8. The number of carbonyl (C=O) groups excluding carboxylic acids is 1. The molecule has 0 unspecified atom stereocenters. The van der Waals surface area contributed by atoms with Crippen molar-refractivity contribution in [1.29, 1.82) is 0 Å². The lowest BCUT2D eigenvalue weighted by Gasteiger charge is -2.26. The minimum absolute atomic E-state index is 0.153. The van der Waals surface area contributed by atoms with E-state index in [0.29, 0.717) is 12.2 Å². The zero-order valence-corrected chi connectivity index (χ0v) is 21.6. The second-order valence-corrected chi connectivity index (χ2v) is 11.0. The summed E-state index contributed by atoms with van der Waals surface area (Å²) in [6.07, 6.45) is 0. The van der Waals surface area contributed by atoms with Crippen LogP contribution in [0.15, 0.2) is 77.7 Å². The van der Waals surface area contributed by atoms with Gasteiger partial charge >= 0.3 is 0 Å². The predicted molar refractivity (Wildman–Crippen MR) is 141 cm³/mol. The van der Waals surface area contributed by atoms with Gasteiger partial charge in [-0.15, -0.1) is 0 Å². The molecule has 36 heavy (non-hydrogen) atoms. The summed E-state index contributed by atoms with van der Waals surface area (Å²) in [5, 5.41) is 2.90. The Hall–Kier alpha value is -3.20. The Morgan fingerprint density at radius 1 is 0.944 bits per heavy atom. The van der Waals surface area contributed by atoms with Crippen LogP contribution in [0.4, 0.5) is 5.69 Å². The molecule has 1 fully saturated rings. The van der Waals surface area contributed by atoms with Crippen molar-refractivity contribution in [2.75, 3.05) is 37.2 Å². The molecule has 0 radical (unpaired) electrons. The van der Waals surface area contributed by atoms with Crippen LogP contribution >= 0.6 is 0 Å². The number of benzene rings is 3. The number of amides is 1. The fourth-order valence-corrected chi connectivity index (χ4v) is 5.71. The first-order valence-electron chi connectivity index (χ1n) is 12.1. The highest BCUT2D eigenvalue weighted by atomic mass is 32.2. The monoisotopic (exact) mass is 507 g/mol. The molecule has 0 spiro atoms. The molecule has 0 bridgehead atoms. The molecule has 1 aliphatic rings. The van der Waals surface area contributed by atoms with E-state index in [1.165, 1.54) is 9.87 Å². The van der Waals surface area contributed by atoms with E-state index in [1.54, 1.807) is 36.4 Å². The Bertz CT molecular complexity index is 1290. The van der Waals surface area contributed by atoms with E-state index < -0.39 is 10.0 Å². The van der Waals surface area contributed by atoms with Crippen LogP contribution in [0, 0.1) is 13.8 Å². The number of carbonyl (C=O) groups is 1. The Balaban J connectivity index is 1.47. The molecular weight excluding hydrogens is 474 g/mol. The average molecular weight is 508 g/mol. The van der Waals surface area contributed by atoms with E-state index in [1.807, 2.05) is 38.1 Å². The van der Waals surface area contributed by atoms with Gasteiger partial charge in [0.1, 0.15) is 6.54 Å². The Morgan fingerprint density at radius 2 is 1.64 bits per heavy atom. The number of morpholine rings is 1. The third-order valence-electron chi connectivity index (χ3n) is 6.27. The number of ether oxygens (including phenoxy) is 1. The molecule has 1 aliphatic heterocycles. The zero-order chi connectivity index (χ0) is 25.5. The van der Waals surface area contributed by atoms with Gasteiger partial charge in [0.15, 0.2) is 0 Å². The first-order valence-corrected chi connectivity index (χ1v) is 13.6. The van der Waals surface area contributed by atoms with Crippen LogP contribution in [0.3, 0.4) is 0 Å². The molecule has 4 rings (SSSR count). The summed E-state index contributed by atoms with van der Waals surface area (Å²) in [4.78, 5) is 15.5. The highest BCUT2D eigenvalue weighted by Crippen LogP contribution is 2.26. The molecule has 7 nitrogen and oxygen atoms in total. The average Bonchev–Trinajstić information content (AvgIpc) is 2.88. The number of rotatable bonds is 9. The van der Waals surface area contributed by atoms with Crippen molar-refractivity contribution in [3.8, 4) is 0 Å². The molecule has 1 heterocycles. The quantitative estimate of drug-likeness (QED) is 0.478. The lowest BCUT2D eigenvalue weighted by molar-refractivity contribution is -0.119. The molecule has 8 heteroatoms. The third-order valence-corrected chi connectivity index (χ3v) is 8.05. The maximum Gasteiger partial charge on any atom is 0.264 e. The molecular formula is C28H33N3O4S. The van der Waals surface area contributed by atoms with Gasteiger partial charge in [-0.25, -0.2) is 8.42 Å². The first-order chi connectivity index (χ1) is 17.3. The summed E-state index contributed by atoms with van der Waals surface area (Å²) >= 11 is 0. The van der Waals surface area contributed by atoms with Gasteiger partial charge in [0.2, 0.25) is 5.91 Å². The van der Waals surface area contributed by atoms with Crippen LogP contribution < -0.4 is 9.62 Å². The molecule has 1 N–H and O–H groups in total. The maximum atomic E-state index is 13.6. The SMILES string of the molecule is Cc1ccc(S(=O)(=O)N(CC(=O)NCc2cccc(CN3CCOCC3)c2)c2ccccc2C)cc1. The van der Waals surface area contributed by atoms with Gasteiger partial charge in [-0.2, -0.15) is 0 Å². The van der Waals surface area contributed by atoms with Crippen molar-refractivity contribution in [1.82, 2.24) is 10.2 Å². The Morgan fingerprint density at radius 3 is 2.36 bits per heavy atom. The topological polar surface area (TPSA) is 79.0 Å². The summed E-state index contributed by atoms with van der Waals surface area (Å²) in [6, 6.07) is 22.0. The summed E-state index contributed by atoms with van der Waals surface area (Å²) in [6.45, 7) is 7.90. The van der Waals surface area contributed by atoms with E-state index in [2.05, 4.69) is 22.3 Å². The lowest BCUT2D eigenvalue weighted by Crippen LogP contribution is -2.41. The van der Waals surface area contributed by atoms with Crippen LogP contribution in [0.1, 0.15) is 22.3 Å². The van der Waals surface area contributed by atoms with E-state index in [4.69, 9.17) is 4.74 Å². The Labute approximate surface area is 213 Å². The number of hydrogen-bond donors (Lipinski definition) is 1. The van der Waals surface area contributed by atoms with Gasteiger partial charge in [-0.1, -0.05) is 60.2 Å². The summed E-state index contributed by atoms with van der Waals surface area (Å²) < 4.78 is 33.8. The molecule has 0 saturated carbocycles. The molecule has 3 aromatic rings. The molecule has 0 atom stereocenters. The van der Waals surface area contributed by atoms with Gasteiger partial charge in [0.25, 0.3) is 10.0 Å². The van der Waals surface area contributed by atoms with Gasteiger partial charge in [0, 0.05) is 26.2 Å². The molecule has 1 amide bonds. The number of nitrogens with zero attached hydrogens (tertiary/aromatic N) is 2. The first kappa shape index (κ1) is 25.9. The van der Waals surface area contributed by atoms with E-state index >= 15 is 0 Å². The fraction of sp³-hybridized carbons (Fsp3) is 0.321. The summed E-state index contributed by atoms with van der Waals surface area (Å²) in [5.41, 5.74) is 4.37. The van der Waals surface area contributed by atoms with E-state index in [9.17, 15) is 13.2 Å². The third kappa shape index (κ3) is 6.51. The highest BCUT2D eigenvalue weighted by molar-refractivity contribution is 7.92. The molecule has 3 aromatic carbocycles. The molecule has 0 aromatic heterocycles. The molecule has 0 aliphatic carbocycles. The van der Waals surface area contributed by atoms with Gasteiger partial charge in [-0.05, 0) is 48.7 Å². The standard InChI is InChI=1S/C28H33N3O4S/c1-22-10-12-26(13-11-22)36(33,34)31(27-9-4-3-6-23(27)2)21-28(32)29-19-24-7-5-8-25(18-24)20-30-14-16-35-17-15-30/h3-13,18H,14-17,19-21H2,1-2H3,(H,29,32). The second kappa shape index (κ2) is 11.7. The van der Waals surface area contributed by atoms with E-state index in [-0.39, 0.29) is 17.3 Å². The van der Waals surface area contributed by atoms with Crippen molar-refractivity contribution >= 4 is 21.6 Å². The molecule has 190 valence electrons. The highest BCUT2D eigenvalue weighted by Gasteiger charge is 2.28. The van der Waals surface area contributed by atoms with Crippen molar-refractivity contribution in [3.63, 3.8) is 0 Å². The van der Waals surface area contributed by atoms with Crippen LogP contribution in [-0.2, 0) is 32.6 Å². The normalized spacial score (nSPS) is 14.4. The number of hydrogen-bond acceptors (Lipinski definition) is 5. The van der Waals surface area contributed by atoms with Crippen molar-refractivity contribution in [2.45, 2.75) is 31.8 Å². The van der Waals surface area contributed by atoms with Crippen LogP contribution in [0.25, 0.3) is 0 Å². The van der Waals surface area contributed by atoms with Crippen molar-refractivity contribution in [2.24, 2.45) is 0 Å². The smallest absolute Gasteiger partial charge is 0.264 e. The number of para-hydroxylation sites is 1. The van der Waals surface area contributed by atoms with Crippen molar-refractivity contribution < 1.29 is 17.9 Å². The van der Waals surface area contributed by atoms with Gasteiger partial charge in [-0.3, -0.25) is 14.0 Å². The summed E-state index contributed by atoms with van der Waals surface area (Å²) in [7, 11) is -3.94. The van der Waals surface area contributed by atoms with Crippen LogP contribution in [0.2, 0.25) is 0 Å². The second-order valence-electron chi connectivity index (χ2n) is 9.10. The number of aryl methyl sites for hydroxylation is 2. The maximum absolute atomic E-state index is 13.6. The van der Waals surface area contributed by atoms with E-state index in [0.717, 1.165) is 49.5 Å². The lowest BCUT2D eigenvalue weighted by atomic mass is 10.1. The minimum Gasteiger partial charge on any atom is -0.379 e. The number of sulfonamides is 1. The number of anilines is 1. The largest absolute Gasteiger partial charge is 0.379 e. The van der Waals surface area contributed by atoms with Gasteiger partial charge < -0.3 is 10.1 Å². The van der Waals surface area contributed by atoms with Crippen molar-refractivity contribution in [3.05, 3.63) is 95.1 Å². The Kier molecular flexibility index (Phi) is 8.40. The van der Waals surface area contributed by atoms with Crippen LogP contribution in [-0.4, -0.2) is 52.1 Å². The van der Waals surface area contributed by atoms with Crippen LogP contribution in [0.5, 0.6) is 0 Å².